The van der Waals surface area contributed by atoms with E-state index in [1.54, 1.807) is 10.7 Å². The second-order valence-corrected chi connectivity index (χ2v) is 5.78. The Bertz CT molecular complexity index is 653. The number of aromatic nitrogens is 2. The van der Waals surface area contributed by atoms with E-state index >= 15 is 0 Å². The number of thiocarbonyl (C=S) groups is 1. The maximum Gasteiger partial charge on any atom is 0.138 e. The van der Waals surface area contributed by atoms with E-state index in [-0.39, 0.29) is 0 Å². The van der Waals surface area contributed by atoms with Crippen LogP contribution in [0, 0.1) is 6.92 Å². The molecular weight excluding hydrogens is 348 g/mol. The molecule has 0 aliphatic rings. The molecule has 19 heavy (non-hydrogen) atoms. The van der Waals surface area contributed by atoms with Crippen LogP contribution in [0.1, 0.15) is 11.3 Å². The first-order valence-corrected chi connectivity index (χ1v) is 7.03. The second-order valence-electron chi connectivity index (χ2n) is 4.05. The van der Waals surface area contributed by atoms with Gasteiger partial charge in [0.2, 0.25) is 0 Å². The molecule has 3 N–H and O–H groups in total. The van der Waals surface area contributed by atoms with Gasteiger partial charge >= 0.3 is 0 Å². The van der Waals surface area contributed by atoms with Crippen molar-refractivity contribution in [3.05, 3.63) is 39.0 Å². The fourth-order valence-corrected chi connectivity index (χ4v) is 2.84. The summed E-state index contributed by atoms with van der Waals surface area (Å²) < 4.78 is 2.57. The van der Waals surface area contributed by atoms with Crippen molar-refractivity contribution in [2.24, 2.45) is 12.8 Å². The molecule has 0 spiro atoms. The third kappa shape index (κ3) is 2.91. The molecule has 0 fully saturated rings. The van der Waals surface area contributed by atoms with Gasteiger partial charge in [-0.1, -0.05) is 23.8 Å². The predicted octanol–water partition coefficient (Wildman–Crippen LogP) is 3.52. The topological polar surface area (TPSA) is 55.9 Å². The summed E-state index contributed by atoms with van der Waals surface area (Å²) in [6.07, 6.45) is 0. The number of hydrogen-bond acceptors (Lipinski definition) is 3. The smallest absolute Gasteiger partial charge is 0.138 e. The number of nitrogens with two attached hydrogens (primary N) is 1. The predicted molar refractivity (Wildman–Crippen MR) is 86.3 cm³/mol. The van der Waals surface area contributed by atoms with Gasteiger partial charge in [-0.05, 0) is 41.1 Å². The molecular formula is C12H12BrClN4S. The standard InChI is InChI=1S/C12H12BrClN4S/c1-6-10(11(15)19)12(18(2)17-6)16-9-4-3-7(14)5-8(9)13/h3-5,16H,1-2H3,(H2,15,19). The summed E-state index contributed by atoms with van der Waals surface area (Å²) in [5, 5.41) is 8.25. The minimum Gasteiger partial charge on any atom is -0.389 e. The number of hydrogen-bond donors (Lipinski definition) is 2. The Balaban J connectivity index is 2.46. The van der Waals surface area contributed by atoms with Gasteiger partial charge in [0.1, 0.15) is 10.8 Å². The molecule has 0 aliphatic carbocycles. The maximum atomic E-state index is 5.92. The molecule has 0 radical (unpaired) electrons. The summed E-state index contributed by atoms with van der Waals surface area (Å²) >= 11 is 14.4. The number of rotatable bonds is 3. The van der Waals surface area contributed by atoms with Crippen molar-refractivity contribution in [3.8, 4) is 0 Å². The monoisotopic (exact) mass is 358 g/mol. The Morgan fingerprint density at radius 2 is 2.21 bits per heavy atom. The van der Waals surface area contributed by atoms with Crippen LogP contribution in [0.2, 0.25) is 5.02 Å². The molecule has 0 unspecified atom stereocenters. The van der Waals surface area contributed by atoms with Gasteiger partial charge in [0.05, 0.1) is 16.9 Å². The highest BCUT2D eigenvalue weighted by atomic mass is 79.9. The highest BCUT2D eigenvalue weighted by Gasteiger charge is 2.16. The molecule has 1 heterocycles. The van der Waals surface area contributed by atoms with Crippen molar-refractivity contribution in [2.45, 2.75) is 6.92 Å². The summed E-state index contributed by atoms with van der Waals surface area (Å²) in [6, 6.07) is 5.49. The molecule has 0 aliphatic heterocycles. The normalized spacial score (nSPS) is 10.5. The van der Waals surface area contributed by atoms with Crippen molar-refractivity contribution in [3.63, 3.8) is 0 Å². The lowest BCUT2D eigenvalue weighted by Crippen LogP contribution is -2.13. The zero-order valence-electron chi connectivity index (χ0n) is 10.4. The average molecular weight is 360 g/mol. The van der Waals surface area contributed by atoms with E-state index < -0.39 is 0 Å². The number of benzene rings is 1. The third-order valence-electron chi connectivity index (χ3n) is 2.65. The van der Waals surface area contributed by atoms with Crippen LogP contribution in [0.3, 0.4) is 0 Å². The fraction of sp³-hybridized carbons (Fsp3) is 0.167. The number of aryl methyl sites for hydroxylation is 2. The van der Waals surface area contributed by atoms with Gasteiger partial charge < -0.3 is 11.1 Å². The molecule has 7 heteroatoms. The first kappa shape index (κ1) is 14.3. The summed E-state index contributed by atoms with van der Waals surface area (Å²) in [7, 11) is 1.83. The lowest BCUT2D eigenvalue weighted by atomic mass is 10.2. The fourth-order valence-electron chi connectivity index (χ4n) is 1.81. The van der Waals surface area contributed by atoms with Gasteiger partial charge in [0.15, 0.2) is 0 Å². The van der Waals surface area contributed by atoms with Crippen molar-refractivity contribution in [2.75, 3.05) is 5.32 Å². The number of nitrogens with one attached hydrogen (secondary N) is 1. The van der Waals surface area contributed by atoms with Crippen molar-refractivity contribution < 1.29 is 0 Å². The Morgan fingerprint density at radius 3 is 2.79 bits per heavy atom. The zero-order valence-corrected chi connectivity index (χ0v) is 13.5. The molecule has 1 aromatic heterocycles. The SMILES string of the molecule is Cc1nn(C)c(Nc2ccc(Cl)cc2Br)c1C(N)=S. The van der Waals surface area contributed by atoms with Crippen LogP contribution in [0.5, 0.6) is 0 Å². The number of nitrogens with zero attached hydrogens (tertiary/aromatic N) is 2. The molecule has 0 saturated heterocycles. The van der Waals surface area contributed by atoms with E-state index in [9.17, 15) is 0 Å². The van der Waals surface area contributed by atoms with Gasteiger partial charge in [-0.3, -0.25) is 4.68 Å². The Labute approximate surface area is 130 Å². The highest BCUT2D eigenvalue weighted by Crippen LogP contribution is 2.30. The molecule has 4 nitrogen and oxygen atoms in total. The van der Waals surface area contributed by atoms with Crippen molar-refractivity contribution in [1.82, 2.24) is 9.78 Å². The molecule has 2 aromatic rings. The van der Waals surface area contributed by atoms with Crippen LogP contribution in [0.15, 0.2) is 22.7 Å². The number of anilines is 2. The average Bonchev–Trinajstić information content (AvgIpc) is 2.57. The second kappa shape index (κ2) is 5.48. The highest BCUT2D eigenvalue weighted by molar-refractivity contribution is 9.10. The largest absolute Gasteiger partial charge is 0.389 e. The van der Waals surface area contributed by atoms with Gasteiger partial charge in [-0.15, -0.1) is 0 Å². The van der Waals surface area contributed by atoms with Crippen LogP contribution in [-0.2, 0) is 7.05 Å². The molecule has 1 aromatic carbocycles. The van der Waals surface area contributed by atoms with E-state index in [1.165, 1.54) is 0 Å². The van der Waals surface area contributed by atoms with Gasteiger partial charge in [-0.2, -0.15) is 5.10 Å². The van der Waals surface area contributed by atoms with Gasteiger partial charge in [-0.25, -0.2) is 0 Å². The Kier molecular flexibility index (Phi) is 4.13. The van der Waals surface area contributed by atoms with Crippen LogP contribution in [0.25, 0.3) is 0 Å². The molecule has 0 saturated carbocycles. The van der Waals surface area contributed by atoms with Crippen molar-refractivity contribution >= 4 is 56.2 Å². The van der Waals surface area contributed by atoms with Gasteiger partial charge in [0, 0.05) is 16.5 Å². The molecule has 2 rings (SSSR count). The lowest BCUT2D eigenvalue weighted by molar-refractivity contribution is 0.765. The van der Waals surface area contributed by atoms with Crippen LogP contribution in [0.4, 0.5) is 11.5 Å². The Hall–Kier alpha value is -1.11. The zero-order chi connectivity index (χ0) is 14.2. The van der Waals surface area contributed by atoms with Crippen LogP contribution >= 0.6 is 39.7 Å². The maximum absolute atomic E-state index is 5.92. The van der Waals surface area contributed by atoms with E-state index in [1.807, 2.05) is 26.1 Å². The van der Waals surface area contributed by atoms with Crippen LogP contribution < -0.4 is 11.1 Å². The minimum absolute atomic E-state index is 0.318. The summed E-state index contributed by atoms with van der Waals surface area (Å²) in [4.78, 5) is 0.318. The van der Waals surface area contributed by atoms with E-state index in [0.29, 0.717) is 10.0 Å². The first-order chi connectivity index (χ1) is 8.90. The van der Waals surface area contributed by atoms with Gasteiger partial charge in [0.25, 0.3) is 0 Å². The molecule has 0 atom stereocenters. The summed E-state index contributed by atoms with van der Waals surface area (Å²) in [5.41, 5.74) is 8.16. The third-order valence-corrected chi connectivity index (χ3v) is 3.75. The number of halogens is 2. The summed E-state index contributed by atoms with van der Waals surface area (Å²) in [6.45, 7) is 1.87. The quantitative estimate of drug-likeness (QED) is 0.823. The molecule has 0 bridgehead atoms. The Morgan fingerprint density at radius 1 is 1.53 bits per heavy atom. The lowest BCUT2D eigenvalue weighted by Gasteiger charge is -2.11. The van der Waals surface area contributed by atoms with Crippen LogP contribution in [-0.4, -0.2) is 14.8 Å². The minimum atomic E-state index is 0.318. The molecule has 100 valence electrons. The van der Waals surface area contributed by atoms with E-state index in [2.05, 4.69) is 26.3 Å². The van der Waals surface area contributed by atoms with E-state index in [0.717, 1.165) is 27.2 Å². The summed E-state index contributed by atoms with van der Waals surface area (Å²) in [5.74, 6) is 0.757. The first-order valence-electron chi connectivity index (χ1n) is 5.45. The van der Waals surface area contributed by atoms with Crippen molar-refractivity contribution in [1.29, 1.82) is 0 Å². The van der Waals surface area contributed by atoms with E-state index in [4.69, 9.17) is 29.6 Å². The molecule has 0 amide bonds.